The third-order valence-corrected chi connectivity index (χ3v) is 5.91. The summed E-state index contributed by atoms with van der Waals surface area (Å²) in [7, 11) is 1.00. The minimum atomic E-state index is -1.65. The normalized spacial score (nSPS) is 13.0. The van der Waals surface area contributed by atoms with Gasteiger partial charge in [-0.1, -0.05) is 119 Å². The highest BCUT2D eigenvalue weighted by Gasteiger charge is 2.15. The molecule has 1 aromatic rings. The van der Waals surface area contributed by atoms with Crippen molar-refractivity contribution in [3.8, 4) is 0 Å². The Balaban J connectivity index is -0.000000146. The van der Waals surface area contributed by atoms with Gasteiger partial charge < -0.3 is 20.0 Å². The number of rotatable bonds is 9. The molecule has 2 rings (SSSR count). The Morgan fingerprint density at radius 3 is 1.80 bits per heavy atom. The number of aldehydes is 1. The van der Waals surface area contributed by atoms with Crippen molar-refractivity contribution in [1.29, 1.82) is 0 Å². The number of nitrogens with two attached hydrogens (primary N) is 1. The van der Waals surface area contributed by atoms with Gasteiger partial charge in [-0.25, -0.2) is 0 Å². The molecule has 1 saturated carbocycles. The first kappa shape index (κ1) is 50.8. The molecule has 1 aliphatic carbocycles. The van der Waals surface area contributed by atoms with Crippen molar-refractivity contribution in [2.45, 2.75) is 121 Å². The predicted molar refractivity (Wildman–Crippen MR) is 195 cm³/mol. The van der Waals surface area contributed by atoms with Gasteiger partial charge in [-0.15, -0.1) is 0 Å². The molecule has 0 aliphatic heterocycles. The zero-order valence-corrected chi connectivity index (χ0v) is 30.2. The van der Waals surface area contributed by atoms with Gasteiger partial charge in [0.05, 0.1) is 6.61 Å². The minimum absolute atomic E-state index is 0.244. The summed E-state index contributed by atoms with van der Waals surface area (Å²) >= 11 is 0. The number of aryl methyl sites for hydroxylation is 1. The number of carbonyl (C=O) groups is 1. The number of ether oxygens (including phenoxy) is 1. The summed E-state index contributed by atoms with van der Waals surface area (Å²) in [6, 6.07) is 8.49. The molecule has 0 amide bonds. The van der Waals surface area contributed by atoms with Gasteiger partial charge in [0.25, 0.3) is 6.48 Å². The van der Waals surface area contributed by atoms with Crippen LogP contribution in [0.4, 0.5) is 4.39 Å². The van der Waals surface area contributed by atoms with Crippen LogP contribution in [0, 0.1) is 12.8 Å². The molecule has 0 heterocycles. The van der Waals surface area contributed by atoms with Crippen molar-refractivity contribution < 1.29 is 19.0 Å². The Morgan fingerprint density at radius 2 is 1.45 bits per heavy atom. The first-order chi connectivity index (χ1) is 21.2. The number of hydrogen-bond acceptors (Lipinski definition) is 5. The van der Waals surface area contributed by atoms with E-state index in [4.69, 9.17) is 9.90 Å². The summed E-state index contributed by atoms with van der Waals surface area (Å²) in [4.78, 5) is 8.81. The zero-order valence-electron chi connectivity index (χ0n) is 30.2. The van der Waals surface area contributed by atoms with Crippen LogP contribution in [0.5, 0.6) is 0 Å². The third-order valence-electron chi connectivity index (χ3n) is 5.91. The van der Waals surface area contributed by atoms with Crippen molar-refractivity contribution in [1.82, 2.24) is 5.32 Å². The first-order valence-corrected chi connectivity index (χ1v) is 16.1. The van der Waals surface area contributed by atoms with Crippen LogP contribution in [0.1, 0.15) is 118 Å². The third kappa shape index (κ3) is 39.2. The van der Waals surface area contributed by atoms with Gasteiger partial charge in [0.1, 0.15) is 6.29 Å². The Hall–Kier alpha value is -2.80. The second-order valence-corrected chi connectivity index (χ2v) is 9.03. The van der Waals surface area contributed by atoms with Crippen molar-refractivity contribution in [3.63, 3.8) is 0 Å². The summed E-state index contributed by atoms with van der Waals surface area (Å²) in [6.07, 6.45) is 23.8. The second-order valence-electron chi connectivity index (χ2n) is 9.03. The molecule has 4 N–H and O–H groups in total. The number of aliphatic hydroxyl groups is 1. The number of hydrogen-bond donors (Lipinski definition) is 3. The number of aliphatic hydroxyl groups excluding tert-OH is 1. The fraction of sp³-hybridized carbons (Fsp3) is 0.553. The predicted octanol–water partition coefficient (Wildman–Crippen LogP) is 10.6. The smallest absolute Gasteiger partial charge is 0.253 e. The van der Waals surface area contributed by atoms with Crippen LogP contribution in [-0.2, 0) is 9.53 Å². The highest BCUT2D eigenvalue weighted by molar-refractivity contribution is 5.63. The van der Waals surface area contributed by atoms with Gasteiger partial charge in [0.2, 0.25) is 0 Å². The van der Waals surface area contributed by atoms with Crippen molar-refractivity contribution in [2.24, 2.45) is 11.7 Å². The molecule has 256 valence electrons. The summed E-state index contributed by atoms with van der Waals surface area (Å²) < 4.78 is 15.9. The van der Waals surface area contributed by atoms with E-state index in [0.29, 0.717) is 0 Å². The van der Waals surface area contributed by atoms with Gasteiger partial charge in [-0.2, -0.15) is 4.39 Å². The van der Waals surface area contributed by atoms with Gasteiger partial charge >= 0.3 is 0 Å². The van der Waals surface area contributed by atoms with E-state index < -0.39 is 6.48 Å². The van der Waals surface area contributed by atoms with E-state index in [1.165, 1.54) is 62.1 Å². The van der Waals surface area contributed by atoms with Crippen LogP contribution in [0.3, 0.4) is 0 Å². The van der Waals surface area contributed by atoms with Gasteiger partial charge in [0, 0.05) is 7.11 Å². The molecule has 1 unspecified atom stereocenters. The van der Waals surface area contributed by atoms with Crippen LogP contribution in [0.15, 0.2) is 79.2 Å². The maximum Gasteiger partial charge on any atom is 0.253 e. The van der Waals surface area contributed by atoms with Crippen molar-refractivity contribution >= 4 is 11.9 Å². The summed E-state index contributed by atoms with van der Waals surface area (Å²) in [6.45, 7) is 22.5. The molecule has 1 fully saturated rings. The van der Waals surface area contributed by atoms with Crippen LogP contribution in [-0.4, -0.2) is 31.6 Å². The Morgan fingerprint density at radius 1 is 0.977 bits per heavy atom. The summed E-state index contributed by atoms with van der Waals surface area (Å²) in [5.74, 6) is 0.943. The summed E-state index contributed by atoms with van der Waals surface area (Å²) in [5, 5.41) is 9.92. The SMILES string of the molecule is C/C=C(\CC)C1CCCCC1.C/C=C/COC(N)F.C/C=C/N/C=C/C.C=C(CC)c1ccc(C)cc1.CC.CC=O.CO. The lowest BCUT2D eigenvalue weighted by atomic mass is 9.83. The molecule has 0 saturated heterocycles. The minimum Gasteiger partial charge on any atom is -0.400 e. The van der Waals surface area contributed by atoms with Crippen LogP contribution in [0.2, 0.25) is 0 Å². The Labute approximate surface area is 272 Å². The van der Waals surface area contributed by atoms with E-state index in [1.807, 2.05) is 59.2 Å². The maximum atomic E-state index is 11.5. The van der Waals surface area contributed by atoms with Crippen LogP contribution >= 0.6 is 0 Å². The second kappa shape index (κ2) is 44.6. The average molecular weight is 621 g/mol. The molecular weight excluding hydrogens is 551 g/mol. The fourth-order valence-corrected chi connectivity index (χ4v) is 3.69. The van der Waals surface area contributed by atoms with Crippen LogP contribution < -0.4 is 11.1 Å². The molecular formula is C38H69FN2O3. The number of benzene rings is 1. The average Bonchev–Trinajstić information content (AvgIpc) is 3.06. The van der Waals surface area contributed by atoms with Crippen molar-refractivity contribution in [3.05, 3.63) is 90.3 Å². The van der Waals surface area contributed by atoms with E-state index >= 15 is 0 Å². The number of halogens is 1. The van der Waals surface area contributed by atoms with E-state index in [0.717, 1.165) is 25.7 Å². The fourth-order valence-electron chi connectivity index (χ4n) is 3.69. The van der Waals surface area contributed by atoms with E-state index in [9.17, 15) is 4.39 Å². The summed E-state index contributed by atoms with van der Waals surface area (Å²) in [5.41, 5.74) is 10.1. The zero-order chi connectivity index (χ0) is 35.0. The molecule has 0 radical (unpaired) electrons. The highest BCUT2D eigenvalue weighted by Crippen LogP contribution is 2.30. The van der Waals surface area contributed by atoms with E-state index in [2.05, 4.69) is 80.4 Å². The molecule has 1 aliphatic rings. The van der Waals surface area contributed by atoms with Gasteiger partial charge in [0.15, 0.2) is 0 Å². The molecule has 44 heavy (non-hydrogen) atoms. The van der Waals surface area contributed by atoms with E-state index in [1.54, 1.807) is 17.7 Å². The number of nitrogens with one attached hydrogen (secondary N) is 1. The van der Waals surface area contributed by atoms with Crippen molar-refractivity contribution in [2.75, 3.05) is 13.7 Å². The van der Waals surface area contributed by atoms with Gasteiger partial charge in [-0.05, 0) is 96.7 Å². The molecule has 1 aromatic carbocycles. The van der Waals surface area contributed by atoms with Gasteiger partial charge in [-0.3, -0.25) is 5.73 Å². The molecule has 0 spiro atoms. The monoisotopic (exact) mass is 621 g/mol. The lowest BCUT2D eigenvalue weighted by Gasteiger charge is -2.23. The lowest BCUT2D eigenvalue weighted by Crippen LogP contribution is -2.17. The lowest BCUT2D eigenvalue weighted by molar-refractivity contribution is -0.106. The molecule has 0 aromatic heterocycles. The Bertz CT molecular complexity index is 813. The quantitative estimate of drug-likeness (QED) is 0.111. The number of carbonyl (C=O) groups excluding carboxylic acids is 1. The maximum absolute atomic E-state index is 11.5. The first-order valence-electron chi connectivity index (χ1n) is 16.1. The largest absolute Gasteiger partial charge is 0.400 e. The number of alkyl halides is 1. The molecule has 6 heteroatoms. The topological polar surface area (TPSA) is 84.6 Å². The standard InChI is InChI=1S/C11H14.C11H20.C6H11N.C5H10FNO.C2H4O.C2H6.CH4O/c1-4-10(3)11-7-5-9(2)6-8-11;1-3-10(4-2)11-8-6-5-7-9-11;1-3-5-7-6-4-2;1-2-3-4-8-5(6)7;1-2-3;2*1-2/h5-8H,3-4H2,1-2H3;3,11H,4-9H2,1-2H3;3-7H,1-2H3;2-3,5H,4,7H2,1H3;2H,1H3;1-2H3;2H,1H3/b;10-3+;5-3+,6-4+;3-2+;;;. The highest BCUT2D eigenvalue weighted by atomic mass is 19.1. The number of allylic oxidation sites excluding steroid dienone is 6. The van der Waals surface area contributed by atoms with E-state index in [-0.39, 0.29) is 6.61 Å². The van der Waals surface area contributed by atoms with Crippen LogP contribution in [0.25, 0.3) is 5.57 Å². The molecule has 1 atom stereocenters. The Kier molecular flexibility index (Phi) is 51.5. The molecule has 5 nitrogen and oxygen atoms in total. The molecule has 0 bridgehead atoms.